The predicted octanol–water partition coefficient (Wildman–Crippen LogP) is 2.75. The van der Waals surface area contributed by atoms with Crippen LogP contribution < -0.4 is 0 Å². The third kappa shape index (κ3) is 4.46. The Labute approximate surface area is 82.4 Å². The molecular weight excluding hydrogens is 180 g/mol. The van der Waals surface area contributed by atoms with E-state index in [9.17, 15) is 4.79 Å². The maximum Gasteiger partial charge on any atom is 0.292 e. The van der Waals surface area contributed by atoms with Gasteiger partial charge >= 0.3 is 0 Å². The van der Waals surface area contributed by atoms with Crippen LogP contribution in [0.25, 0.3) is 0 Å². The summed E-state index contributed by atoms with van der Waals surface area (Å²) >= 11 is 0. The molecule has 0 aromatic heterocycles. The molecule has 0 aromatic rings. The fourth-order valence-corrected chi connectivity index (χ4v) is 2.43. The average molecular weight is 199 g/mol. The second-order valence-electron chi connectivity index (χ2n) is 4.09. The van der Waals surface area contributed by atoms with E-state index in [2.05, 4.69) is 0 Å². The van der Waals surface area contributed by atoms with E-state index >= 15 is 0 Å². The maximum atomic E-state index is 11.3. The van der Waals surface area contributed by atoms with Crippen molar-refractivity contribution < 1.29 is 9.22 Å². The van der Waals surface area contributed by atoms with Crippen molar-refractivity contribution in [3.8, 4) is 0 Å². The highest BCUT2D eigenvalue weighted by Gasteiger charge is 2.18. The molecule has 0 bridgehead atoms. The molecule has 0 unspecified atom stereocenters. The predicted molar refractivity (Wildman–Crippen MR) is 54.8 cm³/mol. The summed E-state index contributed by atoms with van der Waals surface area (Å²) in [7, 11) is -0.833. The third-order valence-corrected chi connectivity index (χ3v) is 3.13. The minimum Gasteiger partial charge on any atom is -0.518 e. The van der Waals surface area contributed by atoms with Crippen LogP contribution in [0.15, 0.2) is 0 Å². The van der Waals surface area contributed by atoms with Crippen molar-refractivity contribution in [3.63, 3.8) is 0 Å². The van der Waals surface area contributed by atoms with Crippen molar-refractivity contribution in [1.82, 2.24) is 0 Å². The lowest BCUT2D eigenvalue weighted by Crippen LogP contribution is -2.19. The zero-order chi connectivity index (χ0) is 9.68. The summed E-state index contributed by atoms with van der Waals surface area (Å²) < 4.78 is 5.22. The highest BCUT2D eigenvalue weighted by Crippen LogP contribution is 2.26. The molecule has 13 heavy (non-hydrogen) atoms. The normalized spacial score (nSPS) is 19.0. The van der Waals surface area contributed by atoms with E-state index in [1.54, 1.807) is 0 Å². The standard InChI is InChI=1S/C10H19O2Si/c1-13(2)12-10(11)8-9-6-4-3-5-7-9/h9H,3-8H2,1-2H3. The molecule has 1 radical (unpaired) electrons. The Hall–Kier alpha value is -0.313. The van der Waals surface area contributed by atoms with E-state index in [0.717, 1.165) is 0 Å². The number of hydrogen-bond acceptors (Lipinski definition) is 2. The Morgan fingerprint density at radius 3 is 2.46 bits per heavy atom. The largest absolute Gasteiger partial charge is 0.518 e. The first-order chi connectivity index (χ1) is 6.18. The molecule has 2 nitrogen and oxygen atoms in total. The van der Waals surface area contributed by atoms with Crippen molar-refractivity contribution in [2.24, 2.45) is 5.92 Å². The van der Waals surface area contributed by atoms with Crippen LogP contribution in [0, 0.1) is 5.92 Å². The van der Waals surface area contributed by atoms with Crippen LogP contribution in [0.5, 0.6) is 0 Å². The molecular formula is C10H19O2Si. The second-order valence-corrected chi connectivity index (χ2v) is 6.11. The number of hydrogen-bond donors (Lipinski definition) is 0. The van der Waals surface area contributed by atoms with E-state index < -0.39 is 9.04 Å². The molecule has 1 aliphatic rings. The second kappa shape index (κ2) is 5.42. The van der Waals surface area contributed by atoms with Gasteiger partial charge in [0.25, 0.3) is 15.0 Å². The van der Waals surface area contributed by atoms with Gasteiger partial charge in [-0.2, -0.15) is 0 Å². The van der Waals surface area contributed by atoms with E-state index in [0.29, 0.717) is 12.3 Å². The first-order valence-electron chi connectivity index (χ1n) is 5.19. The fourth-order valence-electron chi connectivity index (χ4n) is 1.90. The van der Waals surface area contributed by atoms with Crippen LogP contribution in [0.4, 0.5) is 0 Å². The summed E-state index contributed by atoms with van der Waals surface area (Å²) in [4.78, 5) is 11.3. The Morgan fingerprint density at radius 2 is 1.92 bits per heavy atom. The van der Waals surface area contributed by atoms with Crippen molar-refractivity contribution in [2.45, 2.75) is 51.6 Å². The molecule has 1 aliphatic carbocycles. The van der Waals surface area contributed by atoms with Gasteiger partial charge in [-0.3, -0.25) is 4.79 Å². The van der Waals surface area contributed by atoms with Gasteiger partial charge in [-0.15, -0.1) is 0 Å². The van der Waals surface area contributed by atoms with Gasteiger partial charge in [0.15, 0.2) is 0 Å². The SMILES string of the molecule is C[Si](C)OC(=O)CC1CCCCC1. The Kier molecular flexibility index (Phi) is 4.49. The van der Waals surface area contributed by atoms with E-state index in [1.807, 2.05) is 13.1 Å². The van der Waals surface area contributed by atoms with Gasteiger partial charge in [-0.1, -0.05) is 19.3 Å². The minimum atomic E-state index is -0.833. The molecule has 0 N–H and O–H groups in total. The minimum absolute atomic E-state index is 0.0331. The van der Waals surface area contributed by atoms with Gasteiger partial charge in [0.05, 0.1) is 0 Å². The van der Waals surface area contributed by atoms with Crippen LogP contribution in [0.1, 0.15) is 38.5 Å². The van der Waals surface area contributed by atoms with Gasteiger partial charge in [-0.25, -0.2) is 0 Å². The molecule has 1 rings (SSSR count). The summed E-state index contributed by atoms with van der Waals surface area (Å²) in [5.41, 5.74) is 0. The third-order valence-electron chi connectivity index (χ3n) is 2.50. The summed E-state index contributed by atoms with van der Waals surface area (Å²) in [5.74, 6) is 0.647. The molecule has 0 amide bonds. The molecule has 0 heterocycles. The van der Waals surface area contributed by atoms with Crippen molar-refractivity contribution in [2.75, 3.05) is 0 Å². The van der Waals surface area contributed by atoms with Gasteiger partial charge in [0.2, 0.25) is 0 Å². The van der Waals surface area contributed by atoms with Gasteiger partial charge in [0.1, 0.15) is 0 Å². The van der Waals surface area contributed by atoms with E-state index in [-0.39, 0.29) is 5.97 Å². The fraction of sp³-hybridized carbons (Fsp3) is 0.900. The Bertz CT molecular complexity index is 162. The van der Waals surface area contributed by atoms with Crippen molar-refractivity contribution in [1.29, 1.82) is 0 Å². The van der Waals surface area contributed by atoms with Crippen LogP contribution in [-0.4, -0.2) is 15.0 Å². The zero-order valence-electron chi connectivity index (χ0n) is 8.64. The molecule has 1 fully saturated rings. The lowest BCUT2D eigenvalue weighted by molar-refractivity contribution is -0.136. The van der Waals surface area contributed by atoms with Gasteiger partial charge in [0, 0.05) is 6.42 Å². The van der Waals surface area contributed by atoms with Crippen LogP contribution >= 0.6 is 0 Å². The number of carbonyl (C=O) groups excluding carboxylic acids is 1. The highest BCUT2D eigenvalue weighted by molar-refractivity contribution is 6.50. The molecule has 3 heteroatoms. The summed E-state index contributed by atoms with van der Waals surface area (Å²) in [6, 6.07) is 0. The zero-order valence-corrected chi connectivity index (χ0v) is 9.64. The first kappa shape index (κ1) is 10.8. The Balaban J connectivity index is 2.18. The summed E-state index contributed by atoms with van der Waals surface area (Å²) in [6.07, 6.45) is 7.06. The smallest absolute Gasteiger partial charge is 0.292 e. The number of rotatable bonds is 3. The topological polar surface area (TPSA) is 26.3 Å². The lowest BCUT2D eigenvalue weighted by Gasteiger charge is -2.20. The molecule has 0 saturated heterocycles. The Morgan fingerprint density at radius 1 is 1.31 bits per heavy atom. The van der Waals surface area contributed by atoms with Gasteiger partial charge < -0.3 is 4.43 Å². The molecule has 0 spiro atoms. The molecule has 1 saturated carbocycles. The number of carbonyl (C=O) groups is 1. The van der Waals surface area contributed by atoms with Gasteiger partial charge in [-0.05, 0) is 31.9 Å². The first-order valence-corrected chi connectivity index (χ1v) is 7.60. The lowest BCUT2D eigenvalue weighted by atomic mass is 9.87. The summed E-state index contributed by atoms with van der Waals surface area (Å²) in [5, 5.41) is 0. The van der Waals surface area contributed by atoms with E-state index in [4.69, 9.17) is 4.43 Å². The molecule has 75 valence electrons. The van der Waals surface area contributed by atoms with Crippen molar-refractivity contribution in [3.05, 3.63) is 0 Å². The maximum absolute atomic E-state index is 11.3. The van der Waals surface area contributed by atoms with Crippen molar-refractivity contribution >= 4 is 15.0 Å². The molecule has 0 atom stereocenters. The molecule has 0 aromatic carbocycles. The van der Waals surface area contributed by atoms with Crippen LogP contribution in [0.2, 0.25) is 13.1 Å². The quantitative estimate of drug-likeness (QED) is 0.653. The average Bonchev–Trinajstić information content (AvgIpc) is 2.04. The molecule has 0 aliphatic heterocycles. The van der Waals surface area contributed by atoms with Crippen LogP contribution in [0.3, 0.4) is 0 Å². The highest BCUT2D eigenvalue weighted by atomic mass is 28.3. The van der Waals surface area contributed by atoms with Crippen LogP contribution in [-0.2, 0) is 9.22 Å². The monoisotopic (exact) mass is 199 g/mol. The summed E-state index contributed by atoms with van der Waals surface area (Å²) in [6.45, 7) is 4.01. The van der Waals surface area contributed by atoms with E-state index in [1.165, 1.54) is 32.1 Å².